The molecule has 0 bridgehead atoms. The van der Waals surface area contributed by atoms with E-state index in [1.807, 2.05) is 42.5 Å². The number of aromatic nitrogens is 1. The van der Waals surface area contributed by atoms with Crippen LogP contribution in [0, 0.1) is 21.4 Å². The van der Waals surface area contributed by atoms with Crippen LogP contribution >= 0.6 is 0 Å². The number of hydrogen-bond acceptors (Lipinski definition) is 6. The highest BCUT2D eigenvalue weighted by molar-refractivity contribution is 6.10. The summed E-state index contributed by atoms with van der Waals surface area (Å²) in [5.41, 5.74) is 3.51. The van der Waals surface area contributed by atoms with Crippen LogP contribution < -0.4 is 9.80 Å². The van der Waals surface area contributed by atoms with Gasteiger partial charge in [0, 0.05) is 48.0 Å². The van der Waals surface area contributed by atoms with Gasteiger partial charge in [-0.25, -0.2) is 0 Å². The average molecular weight is 423 g/mol. The minimum atomic E-state index is -0.480. The number of para-hydroxylation sites is 1. The summed E-state index contributed by atoms with van der Waals surface area (Å²) < 4.78 is 0. The van der Waals surface area contributed by atoms with Crippen LogP contribution in [0.25, 0.3) is 0 Å². The molecule has 32 heavy (non-hydrogen) atoms. The fourth-order valence-electron chi connectivity index (χ4n) is 4.46. The second kappa shape index (κ2) is 7.63. The van der Waals surface area contributed by atoms with Gasteiger partial charge >= 0.3 is 0 Å². The minimum Gasteiger partial charge on any atom is -0.358 e. The summed E-state index contributed by atoms with van der Waals surface area (Å²) >= 11 is 0. The number of carbonyl (C=O) groups is 1. The molecule has 8 heteroatoms. The van der Waals surface area contributed by atoms with E-state index in [0.29, 0.717) is 12.2 Å². The summed E-state index contributed by atoms with van der Waals surface area (Å²) in [6.07, 6.45) is 5.20. The predicted octanol–water partition coefficient (Wildman–Crippen LogP) is 3.92. The number of fused-ring (bicyclic) bond motifs is 3. The number of rotatable bonds is 4. The smallest absolute Gasteiger partial charge is 0.269 e. The molecule has 1 aromatic heterocycles. The molecule has 2 unspecified atom stereocenters. The third-order valence-electron chi connectivity index (χ3n) is 5.87. The molecule has 0 N–H and O–H groups in total. The first kappa shape index (κ1) is 19.5. The number of carbonyl (C=O) groups excluding carboxylic acids is 1. The van der Waals surface area contributed by atoms with E-state index in [1.165, 1.54) is 12.1 Å². The summed E-state index contributed by atoms with van der Waals surface area (Å²) in [6.45, 7) is 0.582. The van der Waals surface area contributed by atoms with Crippen LogP contribution in [0.1, 0.15) is 17.2 Å². The number of nitro groups is 1. The number of nitrogens with zero attached hydrogens (tertiary/aromatic N) is 5. The third kappa shape index (κ3) is 3.08. The highest BCUT2D eigenvalue weighted by atomic mass is 16.6. The zero-order valence-corrected chi connectivity index (χ0v) is 16.8. The van der Waals surface area contributed by atoms with Crippen LogP contribution in [0.15, 0.2) is 84.7 Å². The van der Waals surface area contributed by atoms with Gasteiger partial charge in [-0.05, 0) is 42.0 Å². The number of amides is 1. The number of nitriles is 1. The normalized spacial score (nSPS) is 19.1. The van der Waals surface area contributed by atoms with Crippen LogP contribution in [-0.2, 0) is 11.3 Å². The topological polar surface area (TPSA) is 103 Å². The quantitative estimate of drug-likeness (QED) is 0.465. The molecule has 2 atom stereocenters. The first-order chi connectivity index (χ1) is 15.6. The van der Waals surface area contributed by atoms with E-state index in [2.05, 4.69) is 9.88 Å². The minimum absolute atomic E-state index is 0.0529. The van der Waals surface area contributed by atoms with Crippen molar-refractivity contribution >= 4 is 23.0 Å². The summed E-state index contributed by atoms with van der Waals surface area (Å²) in [4.78, 5) is 31.7. The van der Waals surface area contributed by atoms with Crippen molar-refractivity contribution in [2.45, 2.75) is 18.6 Å². The standard InChI is InChI=1S/C24H17N5O3/c25-14-17-13-22-23(28(24(17)30)18-5-7-19(8-6-18)29(31)32)20-3-1-2-4-21(20)27(22)15-16-9-11-26-12-10-16/h1-13,22-23H,15H2. The zero-order chi connectivity index (χ0) is 22.2. The summed E-state index contributed by atoms with van der Waals surface area (Å²) in [7, 11) is 0. The number of benzene rings is 2. The lowest BCUT2D eigenvalue weighted by atomic mass is 9.93. The van der Waals surface area contributed by atoms with Crippen molar-refractivity contribution in [3.05, 3.63) is 106 Å². The Balaban J connectivity index is 1.64. The maximum atomic E-state index is 13.3. The fourth-order valence-corrected chi connectivity index (χ4v) is 4.46. The molecule has 2 aliphatic rings. The molecule has 2 aliphatic heterocycles. The lowest BCUT2D eigenvalue weighted by molar-refractivity contribution is -0.384. The first-order valence-corrected chi connectivity index (χ1v) is 10.0. The number of pyridine rings is 1. The van der Waals surface area contributed by atoms with Crippen molar-refractivity contribution < 1.29 is 9.72 Å². The summed E-state index contributed by atoms with van der Waals surface area (Å²) in [5, 5.41) is 20.7. The van der Waals surface area contributed by atoms with Gasteiger partial charge in [-0.2, -0.15) is 5.26 Å². The van der Waals surface area contributed by atoms with E-state index >= 15 is 0 Å². The van der Waals surface area contributed by atoms with E-state index in [4.69, 9.17) is 0 Å². The van der Waals surface area contributed by atoms with Gasteiger partial charge in [0.05, 0.1) is 17.0 Å². The molecule has 5 rings (SSSR count). The zero-order valence-electron chi connectivity index (χ0n) is 16.8. The predicted molar refractivity (Wildman–Crippen MR) is 118 cm³/mol. The van der Waals surface area contributed by atoms with E-state index in [1.54, 1.807) is 35.5 Å². The number of anilines is 2. The summed E-state index contributed by atoms with van der Waals surface area (Å²) in [6, 6.07) is 19.0. The Labute approximate surface area is 183 Å². The Morgan fingerprint density at radius 3 is 2.47 bits per heavy atom. The van der Waals surface area contributed by atoms with Crippen molar-refractivity contribution in [2.75, 3.05) is 9.80 Å². The molecule has 0 aliphatic carbocycles. The van der Waals surface area contributed by atoms with Crippen molar-refractivity contribution in [1.82, 2.24) is 4.98 Å². The molecule has 2 aromatic carbocycles. The van der Waals surface area contributed by atoms with Crippen molar-refractivity contribution in [1.29, 1.82) is 5.26 Å². The molecule has 0 spiro atoms. The molecule has 0 saturated heterocycles. The molecule has 3 aromatic rings. The van der Waals surface area contributed by atoms with E-state index in [-0.39, 0.29) is 23.3 Å². The second-order valence-electron chi connectivity index (χ2n) is 7.62. The lowest BCUT2D eigenvalue weighted by Gasteiger charge is -2.38. The van der Waals surface area contributed by atoms with Crippen LogP contribution in [0.5, 0.6) is 0 Å². The third-order valence-corrected chi connectivity index (χ3v) is 5.87. The number of non-ortho nitro benzene ring substituents is 1. The SMILES string of the molecule is N#CC1=CC2C(c3ccccc3N2Cc2ccncc2)N(c2ccc([N+](=O)[O-])cc2)C1=O. The highest BCUT2D eigenvalue weighted by Crippen LogP contribution is 2.48. The van der Waals surface area contributed by atoms with Gasteiger partial charge in [0.1, 0.15) is 11.6 Å². The maximum absolute atomic E-state index is 13.3. The first-order valence-electron chi connectivity index (χ1n) is 10.0. The van der Waals surface area contributed by atoms with Gasteiger partial charge in [0.25, 0.3) is 11.6 Å². The Hall–Kier alpha value is -4.51. The molecule has 8 nitrogen and oxygen atoms in total. The number of nitro benzene ring substituents is 1. The van der Waals surface area contributed by atoms with E-state index in [9.17, 15) is 20.2 Å². The Bertz CT molecular complexity index is 1280. The Morgan fingerprint density at radius 1 is 1.06 bits per heavy atom. The van der Waals surface area contributed by atoms with Gasteiger partial charge < -0.3 is 4.90 Å². The molecule has 1 amide bonds. The van der Waals surface area contributed by atoms with Crippen LogP contribution in [-0.4, -0.2) is 21.9 Å². The van der Waals surface area contributed by atoms with Crippen molar-refractivity contribution in [3.8, 4) is 6.07 Å². The van der Waals surface area contributed by atoms with Crippen molar-refractivity contribution in [3.63, 3.8) is 0 Å². The summed E-state index contributed by atoms with van der Waals surface area (Å²) in [5.74, 6) is -0.414. The monoisotopic (exact) mass is 423 g/mol. The Morgan fingerprint density at radius 2 is 1.78 bits per heavy atom. The fraction of sp³-hybridized carbons (Fsp3) is 0.125. The molecule has 0 radical (unpaired) electrons. The molecule has 0 saturated carbocycles. The van der Waals surface area contributed by atoms with Crippen LogP contribution in [0.4, 0.5) is 17.1 Å². The van der Waals surface area contributed by atoms with E-state index < -0.39 is 10.8 Å². The molecular weight excluding hydrogens is 406 g/mol. The second-order valence-corrected chi connectivity index (χ2v) is 7.62. The van der Waals surface area contributed by atoms with Crippen molar-refractivity contribution in [2.24, 2.45) is 0 Å². The largest absolute Gasteiger partial charge is 0.358 e. The average Bonchev–Trinajstić information content (AvgIpc) is 3.12. The van der Waals surface area contributed by atoms with Gasteiger partial charge in [0.2, 0.25) is 0 Å². The molecule has 3 heterocycles. The van der Waals surface area contributed by atoms with Gasteiger partial charge in [-0.1, -0.05) is 18.2 Å². The molecule has 0 fully saturated rings. The van der Waals surface area contributed by atoms with Crippen LogP contribution in [0.2, 0.25) is 0 Å². The van der Waals surface area contributed by atoms with Gasteiger partial charge in [0.15, 0.2) is 0 Å². The maximum Gasteiger partial charge on any atom is 0.269 e. The lowest BCUT2D eigenvalue weighted by Crippen LogP contribution is -2.47. The highest BCUT2D eigenvalue weighted by Gasteiger charge is 2.47. The van der Waals surface area contributed by atoms with E-state index in [0.717, 1.165) is 16.8 Å². The molecular formula is C24H17N5O3. The number of hydrogen-bond donors (Lipinski definition) is 0. The Kier molecular flexibility index (Phi) is 4.64. The molecule has 156 valence electrons. The van der Waals surface area contributed by atoms with Gasteiger partial charge in [-0.3, -0.25) is 24.8 Å². The van der Waals surface area contributed by atoms with Crippen LogP contribution in [0.3, 0.4) is 0 Å². The van der Waals surface area contributed by atoms with Gasteiger partial charge in [-0.15, -0.1) is 0 Å².